The Morgan fingerprint density at radius 3 is 2.74 bits per heavy atom. The predicted molar refractivity (Wildman–Crippen MR) is 71.3 cm³/mol. The Morgan fingerprint density at radius 1 is 1.21 bits per heavy atom. The van der Waals surface area contributed by atoms with Crippen LogP contribution < -0.4 is 4.74 Å². The van der Waals surface area contributed by atoms with E-state index in [1.807, 2.05) is 30.3 Å². The SMILES string of the molecule is CCc1ccccc1OCc1cc(F)cc(C#N)c1. The van der Waals surface area contributed by atoms with Crippen LogP contribution in [0, 0.1) is 17.1 Å². The molecule has 0 fully saturated rings. The molecule has 96 valence electrons. The lowest BCUT2D eigenvalue weighted by Crippen LogP contribution is -1.99. The first-order valence-electron chi connectivity index (χ1n) is 6.13. The van der Waals surface area contributed by atoms with Gasteiger partial charge in [-0.25, -0.2) is 4.39 Å². The van der Waals surface area contributed by atoms with Crippen molar-refractivity contribution in [1.29, 1.82) is 5.26 Å². The summed E-state index contributed by atoms with van der Waals surface area (Å²) in [6.45, 7) is 2.31. The molecule has 2 nitrogen and oxygen atoms in total. The van der Waals surface area contributed by atoms with Gasteiger partial charge in [-0.15, -0.1) is 0 Å². The van der Waals surface area contributed by atoms with Gasteiger partial charge in [-0.2, -0.15) is 5.26 Å². The van der Waals surface area contributed by atoms with E-state index in [0.29, 0.717) is 11.1 Å². The molecule has 0 aliphatic heterocycles. The van der Waals surface area contributed by atoms with Crippen LogP contribution in [0.5, 0.6) is 5.75 Å². The fourth-order valence-corrected chi connectivity index (χ4v) is 1.90. The zero-order valence-corrected chi connectivity index (χ0v) is 10.7. The molecular weight excluding hydrogens is 241 g/mol. The van der Waals surface area contributed by atoms with E-state index in [4.69, 9.17) is 10.00 Å². The average molecular weight is 255 g/mol. The lowest BCUT2D eigenvalue weighted by molar-refractivity contribution is 0.302. The van der Waals surface area contributed by atoms with Crippen LogP contribution in [0.3, 0.4) is 0 Å². The largest absolute Gasteiger partial charge is 0.489 e. The molecule has 0 atom stereocenters. The number of nitrogens with zero attached hydrogens (tertiary/aromatic N) is 1. The fourth-order valence-electron chi connectivity index (χ4n) is 1.90. The third kappa shape index (κ3) is 3.32. The van der Waals surface area contributed by atoms with Gasteiger partial charge in [-0.1, -0.05) is 25.1 Å². The average Bonchev–Trinajstić information content (AvgIpc) is 2.44. The van der Waals surface area contributed by atoms with Crippen LogP contribution in [0.4, 0.5) is 4.39 Å². The molecule has 19 heavy (non-hydrogen) atoms. The van der Waals surface area contributed by atoms with Gasteiger partial charge in [0.25, 0.3) is 0 Å². The first-order chi connectivity index (χ1) is 9.22. The number of hydrogen-bond acceptors (Lipinski definition) is 2. The summed E-state index contributed by atoms with van der Waals surface area (Å²) in [6, 6.07) is 13.9. The van der Waals surface area contributed by atoms with Crippen LogP contribution >= 0.6 is 0 Å². The van der Waals surface area contributed by atoms with E-state index in [1.165, 1.54) is 12.1 Å². The van der Waals surface area contributed by atoms with Crippen LogP contribution in [0.15, 0.2) is 42.5 Å². The van der Waals surface area contributed by atoms with E-state index in [2.05, 4.69) is 6.92 Å². The third-order valence-corrected chi connectivity index (χ3v) is 2.83. The Bertz CT molecular complexity index is 616. The summed E-state index contributed by atoms with van der Waals surface area (Å²) < 4.78 is 19.0. The quantitative estimate of drug-likeness (QED) is 0.831. The molecule has 0 unspecified atom stereocenters. The first-order valence-corrected chi connectivity index (χ1v) is 6.13. The summed E-state index contributed by atoms with van der Waals surface area (Å²) in [7, 11) is 0. The fraction of sp³-hybridized carbons (Fsp3) is 0.188. The summed E-state index contributed by atoms with van der Waals surface area (Å²) in [5.74, 6) is 0.384. The minimum atomic E-state index is -0.415. The number of ether oxygens (including phenoxy) is 1. The zero-order chi connectivity index (χ0) is 13.7. The van der Waals surface area contributed by atoms with Crippen LogP contribution in [-0.2, 0) is 13.0 Å². The minimum Gasteiger partial charge on any atom is -0.489 e. The van der Waals surface area contributed by atoms with Gasteiger partial charge in [-0.05, 0) is 41.8 Å². The van der Waals surface area contributed by atoms with E-state index >= 15 is 0 Å². The van der Waals surface area contributed by atoms with Crippen molar-refractivity contribution in [3.8, 4) is 11.8 Å². The molecule has 0 aromatic heterocycles. The van der Waals surface area contributed by atoms with Crippen LogP contribution in [0.1, 0.15) is 23.6 Å². The number of para-hydroxylation sites is 1. The minimum absolute atomic E-state index is 0.253. The van der Waals surface area contributed by atoms with Crippen molar-refractivity contribution >= 4 is 0 Å². The maximum absolute atomic E-state index is 13.3. The Balaban J connectivity index is 2.15. The summed E-state index contributed by atoms with van der Waals surface area (Å²) >= 11 is 0. The monoisotopic (exact) mass is 255 g/mol. The number of rotatable bonds is 4. The Labute approximate surface area is 112 Å². The second-order valence-corrected chi connectivity index (χ2v) is 4.21. The van der Waals surface area contributed by atoms with Crippen molar-refractivity contribution in [2.24, 2.45) is 0 Å². The third-order valence-electron chi connectivity index (χ3n) is 2.83. The summed E-state index contributed by atoms with van der Waals surface area (Å²) in [5.41, 5.74) is 2.07. The van der Waals surface area contributed by atoms with Crippen molar-refractivity contribution in [1.82, 2.24) is 0 Å². The lowest BCUT2D eigenvalue weighted by Gasteiger charge is -2.10. The van der Waals surface area contributed by atoms with Gasteiger partial charge in [-0.3, -0.25) is 0 Å². The van der Waals surface area contributed by atoms with Gasteiger partial charge in [0.05, 0.1) is 11.6 Å². The number of nitriles is 1. The number of halogens is 1. The normalized spacial score (nSPS) is 9.95. The molecule has 0 radical (unpaired) electrons. The van der Waals surface area contributed by atoms with E-state index in [-0.39, 0.29) is 6.61 Å². The van der Waals surface area contributed by atoms with Crippen molar-refractivity contribution in [2.75, 3.05) is 0 Å². The van der Waals surface area contributed by atoms with Crippen LogP contribution in [0.25, 0.3) is 0 Å². The van der Waals surface area contributed by atoms with Gasteiger partial charge >= 0.3 is 0 Å². The van der Waals surface area contributed by atoms with Gasteiger partial charge < -0.3 is 4.74 Å². The van der Waals surface area contributed by atoms with Gasteiger partial charge in [0.15, 0.2) is 0 Å². The molecule has 0 N–H and O–H groups in total. The Hall–Kier alpha value is -2.34. The summed E-state index contributed by atoms with van der Waals surface area (Å²) in [6.07, 6.45) is 0.878. The Kier molecular flexibility index (Phi) is 4.15. The lowest BCUT2D eigenvalue weighted by atomic mass is 10.1. The van der Waals surface area contributed by atoms with Gasteiger partial charge in [0.2, 0.25) is 0 Å². The molecule has 2 rings (SSSR count). The molecular formula is C16H14FNO. The standard InChI is InChI=1S/C16H14FNO/c1-2-14-5-3-4-6-16(14)19-11-13-7-12(10-18)8-15(17)9-13/h3-9H,2,11H2,1H3. The predicted octanol–water partition coefficient (Wildman–Crippen LogP) is 3.84. The molecule has 0 saturated carbocycles. The van der Waals surface area contributed by atoms with E-state index in [0.717, 1.165) is 17.7 Å². The van der Waals surface area contributed by atoms with E-state index in [9.17, 15) is 4.39 Å². The molecule has 0 spiro atoms. The Morgan fingerprint density at radius 2 is 2.00 bits per heavy atom. The highest BCUT2D eigenvalue weighted by Crippen LogP contribution is 2.20. The molecule has 0 bridgehead atoms. The number of aryl methyl sites for hydroxylation is 1. The summed E-state index contributed by atoms with van der Waals surface area (Å²) in [5, 5.41) is 8.80. The second-order valence-electron chi connectivity index (χ2n) is 4.21. The molecule has 0 heterocycles. The zero-order valence-electron chi connectivity index (χ0n) is 10.7. The second kappa shape index (κ2) is 6.01. The molecule has 0 amide bonds. The van der Waals surface area contributed by atoms with Crippen LogP contribution in [-0.4, -0.2) is 0 Å². The number of hydrogen-bond donors (Lipinski definition) is 0. The molecule has 3 heteroatoms. The van der Waals surface area contributed by atoms with Crippen molar-refractivity contribution in [3.05, 3.63) is 65.0 Å². The first kappa shape index (κ1) is 13.1. The van der Waals surface area contributed by atoms with Crippen molar-refractivity contribution in [2.45, 2.75) is 20.0 Å². The topological polar surface area (TPSA) is 33.0 Å². The van der Waals surface area contributed by atoms with Crippen LogP contribution in [0.2, 0.25) is 0 Å². The highest BCUT2D eigenvalue weighted by atomic mass is 19.1. The molecule has 2 aromatic rings. The maximum atomic E-state index is 13.3. The van der Waals surface area contributed by atoms with Crippen molar-refractivity contribution < 1.29 is 9.13 Å². The highest BCUT2D eigenvalue weighted by molar-refractivity contribution is 5.35. The molecule has 2 aromatic carbocycles. The molecule has 0 saturated heterocycles. The van der Waals surface area contributed by atoms with Gasteiger partial charge in [0.1, 0.15) is 18.2 Å². The van der Waals surface area contributed by atoms with E-state index in [1.54, 1.807) is 6.07 Å². The maximum Gasteiger partial charge on any atom is 0.124 e. The highest BCUT2D eigenvalue weighted by Gasteiger charge is 2.04. The smallest absolute Gasteiger partial charge is 0.124 e. The number of benzene rings is 2. The van der Waals surface area contributed by atoms with Crippen molar-refractivity contribution in [3.63, 3.8) is 0 Å². The molecule has 0 aliphatic rings. The van der Waals surface area contributed by atoms with Gasteiger partial charge in [0, 0.05) is 0 Å². The molecule has 0 aliphatic carbocycles. The summed E-state index contributed by atoms with van der Waals surface area (Å²) in [4.78, 5) is 0. The van der Waals surface area contributed by atoms with E-state index < -0.39 is 5.82 Å².